The van der Waals surface area contributed by atoms with E-state index in [4.69, 9.17) is 14.0 Å². The zero-order valence-electron chi connectivity index (χ0n) is 18.3. The lowest BCUT2D eigenvalue weighted by molar-refractivity contribution is -0.114. The first-order valence-electron chi connectivity index (χ1n) is 10.6. The molecular formula is C23H27N5O4. The van der Waals surface area contributed by atoms with E-state index in [0.29, 0.717) is 30.8 Å². The van der Waals surface area contributed by atoms with Crippen molar-refractivity contribution >= 4 is 11.6 Å². The van der Waals surface area contributed by atoms with Crippen molar-refractivity contribution in [1.82, 2.24) is 20.0 Å². The molecule has 0 spiro atoms. The number of ether oxygens (including phenoxy) is 2. The summed E-state index contributed by atoms with van der Waals surface area (Å²) in [6.07, 6.45) is 3.72. The molecule has 0 radical (unpaired) electrons. The summed E-state index contributed by atoms with van der Waals surface area (Å²) in [5.74, 6) is 1.59. The lowest BCUT2D eigenvalue weighted by Crippen LogP contribution is -2.23. The Balaban J connectivity index is 1.40. The van der Waals surface area contributed by atoms with Crippen LogP contribution in [0.4, 0.5) is 5.69 Å². The van der Waals surface area contributed by atoms with Crippen LogP contribution in [0.2, 0.25) is 0 Å². The zero-order chi connectivity index (χ0) is 22.3. The lowest BCUT2D eigenvalue weighted by Gasteiger charge is -2.21. The van der Waals surface area contributed by atoms with Crippen LogP contribution in [0.1, 0.15) is 37.3 Å². The number of amides is 1. The third-order valence-corrected chi connectivity index (χ3v) is 5.28. The maximum atomic E-state index is 11.2. The average Bonchev–Trinajstić information content (AvgIpc) is 3.45. The molecule has 0 bridgehead atoms. The second kappa shape index (κ2) is 10.3. The van der Waals surface area contributed by atoms with Gasteiger partial charge in [0.05, 0.1) is 12.6 Å². The van der Waals surface area contributed by atoms with Crippen LogP contribution in [-0.4, -0.2) is 52.8 Å². The van der Waals surface area contributed by atoms with Gasteiger partial charge in [-0.2, -0.15) is 4.98 Å². The van der Waals surface area contributed by atoms with Crippen LogP contribution >= 0.6 is 0 Å². The molecule has 0 unspecified atom stereocenters. The molecule has 9 heteroatoms. The number of carbonyl (C=O) groups excluding carboxylic acids is 1. The van der Waals surface area contributed by atoms with Crippen LogP contribution in [0.3, 0.4) is 0 Å². The van der Waals surface area contributed by atoms with E-state index < -0.39 is 0 Å². The largest absolute Gasteiger partial charge is 0.475 e. The highest BCUT2D eigenvalue weighted by atomic mass is 16.5. The van der Waals surface area contributed by atoms with Gasteiger partial charge in [0, 0.05) is 44.1 Å². The zero-order valence-corrected chi connectivity index (χ0v) is 18.3. The van der Waals surface area contributed by atoms with Crippen molar-refractivity contribution in [1.29, 1.82) is 0 Å². The van der Waals surface area contributed by atoms with E-state index in [1.807, 2.05) is 30.3 Å². The van der Waals surface area contributed by atoms with Gasteiger partial charge >= 0.3 is 0 Å². The fourth-order valence-electron chi connectivity index (χ4n) is 3.74. The molecule has 1 aromatic carbocycles. The van der Waals surface area contributed by atoms with E-state index in [-0.39, 0.29) is 11.9 Å². The van der Waals surface area contributed by atoms with Gasteiger partial charge in [-0.3, -0.25) is 9.69 Å². The van der Waals surface area contributed by atoms with Crippen LogP contribution in [-0.2, 0) is 16.1 Å². The molecule has 9 nitrogen and oxygen atoms in total. The summed E-state index contributed by atoms with van der Waals surface area (Å²) >= 11 is 0. The van der Waals surface area contributed by atoms with Gasteiger partial charge < -0.3 is 19.3 Å². The van der Waals surface area contributed by atoms with Crippen LogP contribution in [0.15, 0.2) is 47.1 Å². The Morgan fingerprint density at radius 2 is 2.06 bits per heavy atom. The third-order valence-electron chi connectivity index (χ3n) is 5.28. The number of benzene rings is 1. The normalized spacial score (nSPS) is 16.2. The molecule has 168 valence electrons. The van der Waals surface area contributed by atoms with E-state index in [9.17, 15) is 4.79 Å². The van der Waals surface area contributed by atoms with Gasteiger partial charge in [-0.1, -0.05) is 17.3 Å². The van der Waals surface area contributed by atoms with Gasteiger partial charge in [-0.25, -0.2) is 4.98 Å². The summed E-state index contributed by atoms with van der Waals surface area (Å²) in [6, 6.07) is 11.6. The quantitative estimate of drug-likeness (QED) is 0.508. The van der Waals surface area contributed by atoms with Gasteiger partial charge in [-0.15, -0.1) is 0 Å². The second-order valence-corrected chi connectivity index (χ2v) is 7.69. The Hall–Kier alpha value is -3.30. The smallest absolute Gasteiger partial charge is 0.244 e. The number of carbonyl (C=O) groups is 1. The van der Waals surface area contributed by atoms with E-state index >= 15 is 0 Å². The molecular weight excluding hydrogens is 410 g/mol. The molecule has 1 atom stereocenters. The maximum absolute atomic E-state index is 11.2. The summed E-state index contributed by atoms with van der Waals surface area (Å²) < 4.78 is 16.1. The van der Waals surface area contributed by atoms with E-state index in [0.717, 1.165) is 37.2 Å². The molecule has 1 saturated heterocycles. The van der Waals surface area contributed by atoms with Crippen molar-refractivity contribution in [3.8, 4) is 17.3 Å². The van der Waals surface area contributed by atoms with Crippen molar-refractivity contribution < 1.29 is 18.8 Å². The highest BCUT2D eigenvalue weighted by molar-refractivity contribution is 5.88. The Kier molecular flexibility index (Phi) is 7.08. The Labute approximate surface area is 186 Å². The molecule has 1 N–H and O–H groups in total. The van der Waals surface area contributed by atoms with Crippen LogP contribution in [0, 0.1) is 0 Å². The predicted octanol–water partition coefficient (Wildman–Crippen LogP) is 3.45. The van der Waals surface area contributed by atoms with Crippen molar-refractivity contribution in [3.63, 3.8) is 0 Å². The molecule has 1 amide bonds. The predicted molar refractivity (Wildman–Crippen MR) is 118 cm³/mol. The van der Waals surface area contributed by atoms with E-state index in [1.54, 1.807) is 19.4 Å². The number of hydrogen-bond donors (Lipinski definition) is 1. The van der Waals surface area contributed by atoms with E-state index in [1.165, 1.54) is 12.5 Å². The monoisotopic (exact) mass is 437 g/mol. The number of anilines is 1. The molecule has 32 heavy (non-hydrogen) atoms. The van der Waals surface area contributed by atoms with Gasteiger partial charge in [0.1, 0.15) is 6.61 Å². The molecule has 4 rings (SSSR count). The maximum Gasteiger partial charge on any atom is 0.244 e. The number of likely N-dealkylation sites (tertiary alicyclic amines) is 1. The number of nitrogens with zero attached hydrogens (tertiary/aromatic N) is 4. The van der Waals surface area contributed by atoms with Gasteiger partial charge in [-0.05, 0) is 43.1 Å². The van der Waals surface area contributed by atoms with Crippen LogP contribution < -0.4 is 10.1 Å². The van der Waals surface area contributed by atoms with Crippen molar-refractivity contribution in [2.75, 3.05) is 32.2 Å². The summed E-state index contributed by atoms with van der Waals surface area (Å²) in [4.78, 5) is 22.5. The average molecular weight is 438 g/mol. The van der Waals surface area contributed by atoms with Gasteiger partial charge in [0.25, 0.3) is 0 Å². The first-order chi connectivity index (χ1) is 15.6. The minimum Gasteiger partial charge on any atom is -0.475 e. The molecule has 2 aromatic heterocycles. The minimum absolute atomic E-state index is 0.0759. The van der Waals surface area contributed by atoms with Gasteiger partial charge in [0.2, 0.25) is 23.5 Å². The number of pyridine rings is 1. The molecule has 0 aliphatic carbocycles. The first kappa shape index (κ1) is 21.9. The molecule has 3 aromatic rings. The third kappa shape index (κ3) is 5.49. The van der Waals surface area contributed by atoms with Crippen molar-refractivity contribution in [2.45, 2.75) is 32.4 Å². The minimum atomic E-state index is -0.0759. The summed E-state index contributed by atoms with van der Waals surface area (Å²) in [5, 5.41) is 6.95. The molecule has 1 aliphatic heterocycles. The number of rotatable bonds is 9. The summed E-state index contributed by atoms with van der Waals surface area (Å²) in [6.45, 7) is 4.20. The fraction of sp³-hybridized carbons (Fsp3) is 0.391. The highest BCUT2D eigenvalue weighted by Gasteiger charge is 2.30. The topological polar surface area (TPSA) is 103 Å². The van der Waals surface area contributed by atoms with Crippen molar-refractivity contribution in [3.05, 3.63) is 54.0 Å². The molecule has 1 aliphatic rings. The molecule has 3 heterocycles. The Morgan fingerprint density at radius 1 is 1.22 bits per heavy atom. The van der Waals surface area contributed by atoms with Crippen molar-refractivity contribution in [2.24, 2.45) is 0 Å². The highest BCUT2D eigenvalue weighted by Crippen LogP contribution is 2.33. The number of aromatic nitrogens is 3. The summed E-state index contributed by atoms with van der Waals surface area (Å²) in [7, 11) is 1.63. The Bertz CT molecular complexity index is 1020. The second-order valence-electron chi connectivity index (χ2n) is 7.69. The SMILES string of the molecule is COCCOc1ccc(-c2noc([C@@H]3CCCN3Cc3ccc(NC(C)=O)cc3)n2)cn1. The van der Waals surface area contributed by atoms with E-state index in [2.05, 4.69) is 25.3 Å². The van der Waals surface area contributed by atoms with Crippen LogP contribution in [0.5, 0.6) is 5.88 Å². The lowest BCUT2D eigenvalue weighted by atomic mass is 10.1. The standard InChI is InChI=1S/C23H27N5O4/c1-16(29)25-19-8-5-17(6-9-19)15-28-11-3-4-20(28)23-26-22(27-32-23)18-7-10-21(24-14-18)31-13-12-30-2/h5-10,14,20H,3-4,11-13,15H2,1-2H3,(H,25,29)/t20-/m0/s1. The fourth-order valence-corrected chi connectivity index (χ4v) is 3.74. The summed E-state index contributed by atoms with van der Waals surface area (Å²) in [5.41, 5.74) is 2.74. The number of methoxy groups -OCH3 is 1. The van der Waals surface area contributed by atoms with Gasteiger partial charge in [0.15, 0.2) is 0 Å². The number of hydrogen-bond acceptors (Lipinski definition) is 8. The molecule has 0 saturated carbocycles. The molecule has 1 fully saturated rings. The van der Waals surface area contributed by atoms with Crippen LogP contribution in [0.25, 0.3) is 11.4 Å². The number of nitrogens with one attached hydrogen (secondary N) is 1. The Morgan fingerprint density at radius 3 is 2.78 bits per heavy atom. The first-order valence-corrected chi connectivity index (χ1v) is 10.6.